The van der Waals surface area contributed by atoms with Gasteiger partial charge in [-0.3, -0.25) is 0 Å². The van der Waals surface area contributed by atoms with Crippen LogP contribution in [-0.4, -0.2) is 29.2 Å². The van der Waals surface area contributed by atoms with Crippen molar-refractivity contribution >= 4 is 51.0 Å². The monoisotopic (exact) mass is 966 g/mol. The Bertz CT molecular complexity index is 1710. The molecule has 4 rings (SSSR count). The molecule has 27 heteroatoms. The third-order valence-electron chi connectivity index (χ3n) is 8.44. The van der Waals surface area contributed by atoms with E-state index in [9.17, 15) is 105 Å². The van der Waals surface area contributed by atoms with Gasteiger partial charge in [-0.15, -0.1) is 0 Å². The maximum absolute atomic E-state index is 14.2. The molecular formula is C32H12BBrF24Mg. The molecule has 0 aliphatic carbocycles. The molecule has 0 aromatic heterocycles. The molecule has 0 radical (unpaired) electrons. The molecule has 4 aromatic carbocycles. The third-order valence-corrected chi connectivity index (χ3v) is 8.44. The standard InChI is InChI=1S/C32H12BF24.BrH.Mg/c34-25(35,36)13-1-14(26(37,38)39)6-21(5-13)33(22-7-15(27(40,41)42)2-16(8-22)28(43,44)45,23-9-17(29(46,47)48)3-18(10-23)30(49,50)51)24-11-19(31(52,53)54)4-20(12-24)32(55,56)57;;/h1-12H;1H;/q-1;;+2/p-1. The molecular weight excluding hydrogens is 955 g/mol. The number of halogens is 25. The van der Waals surface area contributed by atoms with Gasteiger partial charge >= 0.3 is 72.5 Å². The van der Waals surface area contributed by atoms with Gasteiger partial charge in [-0.05, 0) is 24.3 Å². The summed E-state index contributed by atoms with van der Waals surface area (Å²) in [6.45, 7) is 0. The summed E-state index contributed by atoms with van der Waals surface area (Å²) < 4.78 is 341. The average molecular weight is 967 g/mol. The topological polar surface area (TPSA) is 0 Å². The van der Waals surface area contributed by atoms with Gasteiger partial charge in [-0.2, -0.15) is 127 Å². The van der Waals surface area contributed by atoms with Crippen LogP contribution in [0, 0.1) is 0 Å². The summed E-state index contributed by atoms with van der Waals surface area (Å²) in [5.41, 5.74) is -30.2. The van der Waals surface area contributed by atoms with E-state index in [1.165, 1.54) is 0 Å². The van der Waals surface area contributed by atoms with Crippen LogP contribution in [0.2, 0.25) is 0 Å². The van der Waals surface area contributed by atoms with Crippen LogP contribution in [-0.2, 0) is 49.4 Å². The fourth-order valence-corrected chi connectivity index (χ4v) is 6.07. The Morgan fingerprint density at radius 3 is 0.407 bits per heavy atom. The van der Waals surface area contributed by atoms with Crippen molar-refractivity contribution in [3.05, 3.63) is 117 Å². The van der Waals surface area contributed by atoms with E-state index in [1.54, 1.807) is 0 Å². The fourth-order valence-electron chi connectivity index (χ4n) is 6.07. The predicted octanol–water partition coefficient (Wildman–Crippen LogP) is 7.84. The van der Waals surface area contributed by atoms with Gasteiger partial charge in [0, 0.05) is 0 Å². The quantitative estimate of drug-likeness (QED) is 0.145. The predicted molar refractivity (Wildman–Crippen MR) is 156 cm³/mol. The SMILES string of the molecule is FC(F)(F)c1cc([B-](c2cc(C(F)(F)F)cc(C(F)(F)F)c2)(c2cc(C(F)(F)F)cc(C(F)(F)F)c2)c2cc(C(F)(F)F)cc(C(F)(F)F)c2)cc(C(F)(F)F)c1.[Br-].[Mg+2]. The summed E-state index contributed by atoms with van der Waals surface area (Å²) in [6, 6.07) is -8.81. The van der Waals surface area contributed by atoms with Gasteiger partial charge in [0.15, 0.2) is 0 Å². The Morgan fingerprint density at radius 1 is 0.220 bits per heavy atom. The molecule has 0 bridgehead atoms. The Kier molecular flexibility index (Phi) is 14.1. The number of benzene rings is 4. The molecule has 0 heterocycles. The zero-order valence-electron chi connectivity index (χ0n) is 27.7. The number of rotatable bonds is 4. The van der Waals surface area contributed by atoms with Crippen molar-refractivity contribution in [2.75, 3.05) is 0 Å². The van der Waals surface area contributed by atoms with E-state index < -0.39 is 195 Å². The third kappa shape index (κ3) is 11.1. The van der Waals surface area contributed by atoms with E-state index in [1.807, 2.05) is 0 Å². The summed E-state index contributed by atoms with van der Waals surface area (Å²) in [4.78, 5) is 0. The number of hydrogen-bond acceptors (Lipinski definition) is 0. The molecule has 0 nitrogen and oxygen atoms in total. The zero-order valence-corrected chi connectivity index (χ0v) is 30.7. The molecule has 59 heavy (non-hydrogen) atoms. The molecule has 0 fully saturated rings. The second-order valence-corrected chi connectivity index (χ2v) is 12.2. The van der Waals surface area contributed by atoms with Gasteiger partial charge in [0.05, 0.1) is 44.5 Å². The van der Waals surface area contributed by atoms with Crippen LogP contribution in [0.3, 0.4) is 0 Å². The van der Waals surface area contributed by atoms with Crippen LogP contribution in [0.15, 0.2) is 72.8 Å². The summed E-state index contributed by atoms with van der Waals surface area (Å²) in [5.74, 6) is 0. The van der Waals surface area contributed by atoms with Crippen molar-refractivity contribution in [2.24, 2.45) is 0 Å². The molecule has 0 spiro atoms. The van der Waals surface area contributed by atoms with E-state index in [-0.39, 0.29) is 40.0 Å². The number of hydrogen-bond donors (Lipinski definition) is 0. The van der Waals surface area contributed by atoms with E-state index in [0.717, 1.165) is 0 Å². The summed E-state index contributed by atoms with van der Waals surface area (Å²) in [6.07, 6.45) is -54.8. The Balaban J connectivity index is 0.00000600. The first kappa shape index (κ1) is 51.7. The van der Waals surface area contributed by atoms with Crippen molar-refractivity contribution in [1.82, 2.24) is 0 Å². The molecule has 0 amide bonds. The maximum Gasteiger partial charge on any atom is 2.00 e. The molecule has 0 saturated heterocycles. The first-order valence-corrected chi connectivity index (χ1v) is 14.6. The first-order valence-electron chi connectivity index (χ1n) is 14.6. The zero-order chi connectivity index (χ0) is 43.9. The minimum Gasteiger partial charge on any atom is -1.00 e. The number of alkyl halides is 24. The van der Waals surface area contributed by atoms with Crippen LogP contribution in [0.25, 0.3) is 0 Å². The Hall–Kier alpha value is -3.49. The first-order chi connectivity index (χ1) is 25.3. The smallest absolute Gasteiger partial charge is 1.00 e. The van der Waals surface area contributed by atoms with Gasteiger partial charge < -0.3 is 17.0 Å². The average Bonchev–Trinajstić information content (AvgIpc) is 3.01. The largest absolute Gasteiger partial charge is 2.00 e. The Labute approximate surface area is 339 Å². The molecule has 0 unspecified atom stereocenters. The summed E-state index contributed by atoms with van der Waals surface area (Å²) >= 11 is 0. The molecule has 0 aliphatic rings. The van der Waals surface area contributed by atoms with Crippen LogP contribution in [0.1, 0.15) is 44.5 Å². The molecule has 0 saturated carbocycles. The van der Waals surface area contributed by atoms with Gasteiger partial charge in [0.1, 0.15) is 6.15 Å². The maximum atomic E-state index is 14.2. The van der Waals surface area contributed by atoms with Crippen molar-refractivity contribution in [1.29, 1.82) is 0 Å². The van der Waals surface area contributed by atoms with Gasteiger partial charge in [-0.25, -0.2) is 0 Å². The molecule has 4 aromatic rings. The van der Waals surface area contributed by atoms with Gasteiger partial charge in [0.25, 0.3) is 0 Å². The molecule has 0 N–H and O–H groups in total. The van der Waals surface area contributed by atoms with E-state index >= 15 is 0 Å². The minimum absolute atomic E-state index is 0. The summed E-state index contributed by atoms with van der Waals surface area (Å²) in [7, 11) is 0. The van der Waals surface area contributed by atoms with Crippen molar-refractivity contribution in [3.63, 3.8) is 0 Å². The Morgan fingerprint density at radius 2 is 0.322 bits per heavy atom. The van der Waals surface area contributed by atoms with Crippen LogP contribution < -0.4 is 38.8 Å². The van der Waals surface area contributed by atoms with Crippen molar-refractivity contribution in [3.8, 4) is 0 Å². The molecule has 320 valence electrons. The van der Waals surface area contributed by atoms with Crippen LogP contribution >= 0.6 is 0 Å². The van der Waals surface area contributed by atoms with Crippen molar-refractivity contribution < 1.29 is 122 Å². The van der Waals surface area contributed by atoms with Gasteiger partial charge in [0.2, 0.25) is 0 Å². The molecule has 0 aliphatic heterocycles. The van der Waals surface area contributed by atoms with E-state index in [2.05, 4.69) is 0 Å². The van der Waals surface area contributed by atoms with Gasteiger partial charge in [-0.1, -0.05) is 48.5 Å². The van der Waals surface area contributed by atoms with Crippen molar-refractivity contribution in [2.45, 2.75) is 49.4 Å². The normalized spacial score (nSPS) is 13.8. The second-order valence-electron chi connectivity index (χ2n) is 12.2. The van der Waals surface area contributed by atoms with Crippen LogP contribution in [0.5, 0.6) is 0 Å². The minimum atomic E-state index is -6.13. The molecule has 0 atom stereocenters. The summed E-state index contributed by atoms with van der Waals surface area (Å²) in [5, 5.41) is 0. The second kappa shape index (κ2) is 16.1. The fraction of sp³-hybridized carbons (Fsp3) is 0.250. The van der Waals surface area contributed by atoms with Crippen LogP contribution in [0.4, 0.5) is 105 Å². The van der Waals surface area contributed by atoms with E-state index in [0.29, 0.717) is 0 Å². The van der Waals surface area contributed by atoms with E-state index in [4.69, 9.17) is 0 Å².